The topological polar surface area (TPSA) is 44.7 Å². The van der Waals surface area contributed by atoms with Crippen molar-refractivity contribution in [1.82, 2.24) is 10.2 Å². The molecule has 0 saturated carbocycles. The molecule has 124 valence electrons. The average molecular weight is 297 g/mol. The van der Waals surface area contributed by atoms with E-state index in [9.17, 15) is 4.79 Å². The van der Waals surface area contributed by atoms with E-state index < -0.39 is 5.41 Å². The highest BCUT2D eigenvalue weighted by Crippen LogP contribution is 2.21. The largest absolute Gasteiger partial charge is 0.335 e. The van der Waals surface area contributed by atoms with Crippen molar-refractivity contribution in [2.75, 3.05) is 0 Å². The van der Waals surface area contributed by atoms with Gasteiger partial charge in [0.15, 0.2) is 0 Å². The minimum atomic E-state index is -0.445. The number of carbonyl (C=O) groups is 1. The molecule has 0 heterocycles. The Morgan fingerprint density at radius 1 is 0.952 bits per heavy atom. The van der Waals surface area contributed by atoms with Gasteiger partial charge in [-0.25, -0.2) is 4.99 Å². The number of hydrogen-bond acceptors (Lipinski definition) is 2. The Labute approximate surface area is 131 Å². The third kappa shape index (κ3) is 6.96. The summed E-state index contributed by atoms with van der Waals surface area (Å²) in [6.07, 6.45) is 0. The van der Waals surface area contributed by atoms with Crippen LogP contribution in [0.1, 0.15) is 76.2 Å². The fourth-order valence-corrected chi connectivity index (χ4v) is 2.09. The summed E-state index contributed by atoms with van der Waals surface area (Å²) in [5.74, 6) is 0.644. The second kappa shape index (κ2) is 6.37. The number of carbonyl (C=O) groups excluding carboxylic acids is 1. The van der Waals surface area contributed by atoms with Gasteiger partial charge in [-0.1, -0.05) is 20.8 Å². The normalized spacial score (nSPS) is 14.4. The molecule has 0 aliphatic heterocycles. The second-order valence-electron chi connectivity index (χ2n) is 8.94. The molecule has 0 aromatic carbocycles. The van der Waals surface area contributed by atoms with Crippen molar-refractivity contribution in [3.05, 3.63) is 0 Å². The first-order valence-corrected chi connectivity index (χ1v) is 7.76. The van der Waals surface area contributed by atoms with Crippen molar-refractivity contribution >= 4 is 11.9 Å². The van der Waals surface area contributed by atoms with Gasteiger partial charge in [0.25, 0.3) is 0 Å². The Balaban J connectivity index is 5.74. The zero-order valence-electron chi connectivity index (χ0n) is 15.9. The lowest BCUT2D eigenvalue weighted by atomic mass is 9.95. The molecule has 0 spiro atoms. The summed E-state index contributed by atoms with van der Waals surface area (Å²) in [6, 6.07) is 0.242. The molecular weight excluding hydrogens is 262 g/mol. The van der Waals surface area contributed by atoms with Gasteiger partial charge in [-0.3, -0.25) is 10.1 Å². The van der Waals surface area contributed by atoms with Crippen LogP contribution >= 0.6 is 0 Å². The number of amides is 1. The molecule has 0 aromatic rings. The van der Waals surface area contributed by atoms with Crippen molar-refractivity contribution in [3.63, 3.8) is 0 Å². The minimum absolute atomic E-state index is 0.0135. The van der Waals surface area contributed by atoms with Crippen molar-refractivity contribution in [3.8, 4) is 0 Å². The molecule has 1 N–H and O–H groups in total. The van der Waals surface area contributed by atoms with Crippen LogP contribution in [0.5, 0.6) is 0 Å². The number of guanidine groups is 1. The summed E-state index contributed by atoms with van der Waals surface area (Å²) < 4.78 is 0. The number of nitrogens with zero attached hydrogens (tertiary/aromatic N) is 2. The molecule has 4 heteroatoms. The molecule has 0 bridgehead atoms. The smallest absolute Gasteiger partial charge is 0.232 e. The van der Waals surface area contributed by atoms with Gasteiger partial charge in [0, 0.05) is 17.0 Å². The van der Waals surface area contributed by atoms with E-state index >= 15 is 0 Å². The van der Waals surface area contributed by atoms with Crippen molar-refractivity contribution in [2.45, 2.75) is 93.3 Å². The Kier molecular flexibility index (Phi) is 6.05. The van der Waals surface area contributed by atoms with E-state index in [0.29, 0.717) is 5.96 Å². The molecule has 0 rings (SSSR count). The Bertz CT molecular complexity index is 390. The first-order chi connectivity index (χ1) is 9.05. The van der Waals surface area contributed by atoms with Crippen molar-refractivity contribution in [1.29, 1.82) is 0 Å². The van der Waals surface area contributed by atoms with Crippen LogP contribution < -0.4 is 5.32 Å². The number of nitrogens with one attached hydrogen (secondary N) is 1. The molecule has 21 heavy (non-hydrogen) atoms. The second-order valence-corrected chi connectivity index (χ2v) is 8.94. The van der Waals surface area contributed by atoms with Crippen LogP contribution in [-0.4, -0.2) is 33.9 Å². The highest BCUT2D eigenvalue weighted by Gasteiger charge is 2.32. The molecule has 4 nitrogen and oxygen atoms in total. The first-order valence-electron chi connectivity index (χ1n) is 7.76. The SMILES string of the molecule is CC(C)N(C(=NC(C)(C)C)NC(=O)C(C)(C)C)C(C)(C)C. The van der Waals surface area contributed by atoms with Gasteiger partial charge in [0.2, 0.25) is 11.9 Å². The molecule has 0 aliphatic carbocycles. The monoisotopic (exact) mass is 297 g/mol. The van der Waals surface area contributed by atoms with Gasteiger partial charge in [-0.15, -0.1) is 0 Å². The zero-order valence-corrected chi connectivity index (χ0v) is 15.9. The minimum Gasteiger partial charge on any atom is -0.335 e. The lowest BCUT2D eigenvalue weighted by Crippen LogP contribution is -2.57. The van der Waals surface area contributed by atoms with Crippen LogP contribution in [0.3, 0.4) is 0 Å². The quantitative estimate of drug-likeness (QED) is 0.591. The fourth-order valence-electron chi connectivity index (χ4n) is 2.09. The van der Waals surface area contributed by atoms with Crippen LogP contribution in [0.2, 0.25) is 0 Å². The van der Waals surface area contributed by atoms with Crippen molar-refractivity contribution < 1.29 is 4.79 Å². The summed E-state index contributed by atoms with van der Waals surface area (Å²) in [6.45, 7) is 22.5. The van der Waals surface area contributed by atoms with Crippen LogP contribution in [0, 0.1) is 5.41 Å². The maximum absolute atomic E-state index is 12.4. The Hall–Kier alpha value is -1.06. The van der Waals surface area contributed by atoms with Gasteiger partial charge in [-0.2, -0.15) is 0 Å². The van der Waals surface area contributed by atoms with Gasteiger partial charge in [0.1, 0.15) is 0 Å². The lowest BCUT2D eigenvalue weighted by molar-refractivity contribution is -0.127. The first kappa shape index (κ1) is 19.9. The predicted octanol–water partition coefficient (Wildman–Crippen LogP) is 3.81. The van der Waals surface area contributed by atoms with Crippen molar-refractivity contribution in [2.24, 2.45) is 10.4 Å². The number of hydrogen-bond donors (Lipinski definition) is 1. The van der Waals surface area contributed by atoms with E-state index in [1.54, 1.807) is 0 Å². The maximum Gasteiger partial charge on any atom is 0.232 e. The van der Waals surface area contributed by atoms with Crippen LogP contribution in [0.4, 0.5) is 0 Å². The molecule has 0 atom stereocenters. The van der Waals surface area contributed by atoms with Crippen LogP contribution in [0.15, 0.2) is 4.99 Å². The van der Waals surface area contributed by atoms with Gasteiger partial charge in [-0.05, 0) is 55.4 Å². The zero-order chi connectivity index (χ0) is 17.2. The summed E-state index contributed by atoms with van der Waals surface area (Å²) in [4.78, 5) is 19.3. The van der Waals surface area contributed by atoms with E-state index in [2.05, 4.69) is 44.8 Å². The molecule has 1 amide bonds. The van der Waals surface area contributed by atoms with Gasteiger partial charge < -0.3 is 4.90 Å². The van der Waals surface area contributed by atoms with Crippen LogP contribution in [-0.2, 0) is 4.79 Å². The maximum atomic E-state index is 12.4. The van der Waals surface area contributed by atoms with Gasteiger partial charge in [0.05, 0.1) is 5.54 Å². The van der Waals surface area contributed by atoms with E-state index in [4.69, 9.17) is 4.99 Å². The Morgan fingerprint density at radius 3 is 1.62 bits per heavy atom. The lowest BCUT2D eigenvalue weighted by Gasteiger charge is -2.42. The molecule has 0 aliphatic rings. The highest BCUT2D eigenvalue weighted by molar-refractivity contribution is 5.99. The van der Waals surface area contributed by atoms with E-state index in [1.165, 1.54) is 0 Å². The van der Waals surface area contributed by atoms with E-state index in [-0.39, 0.29) is 23.0 Å². The van der Waals surface area contributed by atoms with E-state index in [0.717, 1.165) is 0 Å². The highest BCUT2D eigenvalue weighted by atomic mass is 16.2. The number of aliphatic imine (C=N–C) groups is 1. The number of rotatable bonds is 1. The molecule has 0 radical (unpaired) electrons. The molecule has 0 unspecified atom stereocenters. The third-order valence-electron chi connectivity index (χ3n) is 2.82. The summed E-state index contributed by atoms with van der Waals surface area (Å²) in [5.41, 5.74) is -0.818. The van der Waals surface area contributed by atoms with Crippen LogP contribution in [0.25, 0.3) is 0 Å². The van der Waals surface area contributed by atoms with E-state index in [1.807, 2.05) is 41.5 Å². The molecular formula is C17H35N3O. The third-order valence-corrected chi connectivity index (χ3v) is 2.82. The van der Waals surface area contributed by atoms with Gasteiger partial charge >= 0.3 is 0 Å². The summed E-state index contributed by atoms with van der Waals surface area (Å²) >= 11 is 0. The average Bonchev–Trinajstić information content (AvgIpc) is 2.09. The fraction of sp³-hybridized carbons (Fsp3) is 0.882. The standard InChI is InChI=1S/C17H35N3O/c1-12(2)20(17(9,10)11)14(19-16(6,7)8)18-13(21)15(3,4)5/h12H,1-11H3,(H,18,19,21). The summed E-state index contributed by atoms with van der Waals surface area (Å²) in [5, 5.41) is 3.04. The molecule has 0 fully saturated rings. The Morgan fingerprint density at radius 2 is 1.38 bits per heavy atom. The predicted molar refractivity (Wildman–Crippen MR) is 91.5 cm³/mol. The molecule has 0 aromatic heterocycles. The summed E-state index contributed by atoms with van der Waals surface area (Å²) in [7, 11) is 0. The molecule has 0 saturated heterocycles.